The number of hydrogen-bond acceptors (Lipinski definition) is 23. The molecule has 23 nitrogen and oxygen atoms in total. The number of carbonyl (C=O) groups is 8. The summed E-state index contributed by atoms with van der Waals surface area (Å²) in [6.45, 7) is 5.82. The maximum atomic E-state index is 12.7. The van der Waals surface area contributed by atoms with E-state index in [4.69, 9.17) is 77.9 Å². The van der Waals surface area contributed by atoms with Crippen LogP contribution >= 0.6 is 11.6 Å². The Kier molecular flexibility index (Phi) is 16.5. The van der Waals surface area contributed by atoms with E-state index in [1.807, 2.05) is 0 Å². The maximum absolute atomic E-state index is 12.7. The number of aliphatic hydroxyl groups excluding tert-OH is 1. The van der Waals surface area contributed by atoms with Crippen molar-refractivity contribution >= 4 is 59.4 Å². The van der Waals surface area contributed by atoms with Crippen molar-refractivity contribution in [2.75, 3.05) is 25.7 Å². The topological polar surface area (TPSA) is 286 Å². The third-order valence-electron chi connectivity index (χ3n) is 8.60. The lowest BCUT2D eigenvalue weighted by Gasteiger charge is -2.49. The Morgan fingerprint density at radius 1 is 0.517 bits per heavy atom. The Labute approximate surface area is 335 Å². The average molecular weight is 857 g/mol. The Hall–Kier alpha value is -4.23. The molecular formula is C34H45ClO23. The summed E-state index contributed by atoms with van der Waals surface area (Å²) in [5, 5.41) is 12.0. The Morgan fingerprint density at radius 2 is 0.948 bits per heavy atom. The summed E-state index contributed by atoms with van der Waals surface area (Å²) in [7, 11) is 0. The molecule has 326 valence electrons. The van der Waals surface area contributed by atoms with Gasteiger partial charge < -0.3 is 71.4 Å². The second-order valence-corrected chi connectivity index (χ2v) is 13.5. The van der Waals surface area contributed by atoms with Crippen molar-refractivity contribution < 1.29 is 110 Å². The van der Waals surface area contributed by atoms with Crippen LogP contribution in [0.15, 0.2) is 0 Å². The molecular weight excluding hydrogens is 812 g/mol. The predicted octanol–water partition coefficient (Wildman–Crippen LogP) is -1.74. The van der Waals surface area contributed by atoms with Crippen LogP contribution in [0, 0.1) is 0 Å². The summed E-state index contributed by atoms with van der Waals surface area (Å²) in [4.78, 5) is 98.0. The zero-order valence-corrected chi connectivity index (χ0v) is 33.1. The molecule has 0 amide bonds. The van der Waals surface area contributed by atoms with E-state index in [0.717, 1.165) is 48.5 Å². The number of rotatable bonds is 15. The Bertz CT molecular complexity index is 1540. The van der Waals surface area contributed by atoms with E-state index in [1.165, 1.54) is 0 Å². The van der Waals surface area contributed by atoms with Gasteiger partial charge in [-0.15, -0.1) is 11.6 Å². The van der Waals surface area contributed by atoms with Gasteiger partial charge in [0.05, 0.1) is 6.61 Å². The van der Waals surface area contributed by atoms with Crippen LogP contribution in [-0.4, -0.2) is 171 Å². The first kappa shape index (κ1) is 46.5. The van der Waals surface area contributed by atoms with E-state index in [-0.39, 0.29) is 6.61 Å². The van der Waals surface area contributed by atoms with Crippen LogP contribution in [0.3, 0.4) is 0 Å². The molecule has 4 saturated heterocycles. The first-order chi connectivity index (χ1) is 27.3. The fourth-order valence-electron chi connectivity index (χ4n) is 6.56. The number of esters is 8. The van der Waals surface area contributed by atoms with Crippen molar-refractivity contribution in [1.82, 2.24) is 0 Å². The molecule has 0 aromatic rings. The van der Waals surface area contributed by atoms with Gasteiger partial charge in [0.2, 0.25) is 0 Å². The lowest BCUT2D eigenvalue weighted by Crippen LogP contribution is -2.68. The lowest BCUT2D eigenvalue weighted by molar-refractivity contribution is -0.381. The van der Waals surface area contributed by atoms with Crippen molar-refractivity contribution in [1.29, 1.82) is 0 Å². The number of aliphatic hydroxyl groups is 1. The van der Waals surface area contributed by atoms with Crippen molar-refractivity contribution in [3.8, 4) is 0 Å². The van der Waals surface area contributed by atoms with Crippen LogP contribution in [0.25, 0.3) is 0 Å². The first-order valence-electron chi connectivity index (χ1n) is 17.7. The summed E-state index contributed by atoms with van der Waals surface area (Å²) < 4.78 is 79.2. The average Bonchev–Trinajstić information content (AvgIpc) is 3.56. The second kappa shape index (κ2) is 20.6. The van der Waals surface area contributed by atoms with Gasteiger partial charge in [-0.3, -0.25) is 38.4 Å². The molecule has 0 aromatic heterocycles. The molecule has 0 spiro atoms. The van der Waals surface area contributed by atoms with Gasteiger partial charge in [-0.2, -0.15) is 0 Å². The van der Waals surface area contributed by atoms with E-state index >= 15 is 0 Å². The second-order valence-electron chi connectivity index (χ2n) is 13.2. The van der Waals surface area contributed by atoms with Crippen LogP contribution in [0.4, 0.5) is 0 Å². The van der Waals surface area contributed by atoms with Gasteiger partial charge in [-0.25, -0.2) is 0 Å². The molecule has 1 N–H and O–H groups in total. The van der Waals surface area contributed by atoms with E-state index in [0.29, 0.717) is 0 Å². The maximum Gasteiger partial charge on any atom is 0.321 e. The van der Waals surface area contributed by atoms with Crippen LogP contribution in [0.2, 0.25) is 0 Å². The van der Waals surface area contributed by atoms with Crippen molar-refractivity contribution in [2.24, 2.45) is 0 Å². The summed E-state index contributed by atoms with van der Waals surface area (Å²) in [5.41, 5.74) is 0. The molecule has 4 rings (SSSR count). The number of carbonyl (C=O) groups excluding carboxylic acids is 8. The summed E-state index contributed by atoms with van der Waals surface area (Å²) in [5.74, 6) is -7.95. The fraction of sp³-hybridized carbons (Fsp3) is 0.765. The standard InChI is InChI=1S/C34H45ClO23/c1-12(36)45-9-19-24(48-14(3)38)23(44)27(33(54-19)57-26-21-11-47-32(53-21)30(52-18(7)42)29(26)51-17(6)41)58-34-31(56-22(43)8-35)28(50-16(5)40)25(49-15(4)39)20(55-34)10-46-13(2)37/h19-21,23-34,44H,8-11H2,1-7H3/t19-,20-,21-,23+,24-,25-,26-,27+,28+,29+,30-,31+,32-,33+,34-/m1/s1. The third-order valence-corrected chi connectivity index (χ3v) is 8.81. The lowest BCUT2D eigenvalue weighted by atomic mass is 9.95. The normalized spacial score (nSPS) is 35.4. The van der Waals surface area contributed by atoms with E-state index in [2.05, 4.69) is 0 Å². The molecule has 4 heterocycles. The van der Waals surface area contributed by atoms with Gasteiger partial charge >= 0.3 is 47.8 Å². The van der Waals surface area contributed by atoms with E-state index in [9.17, 15) is 43.5 Å². The van der Waals surface area contributed by atoms with E-state index in [1.54, 1.807) is 0 Å². The van der Waals surface area contributed by atoms with Gasteiger partial charge in [-0.1, -0.05) is 0 Å². The predicted molar refractivity (Wildman–Crippen MR) is 179 cm³/mol. The van der Waals surface area contributed by atoms with Crippen LogP contribution < -0.4 is 0 Å². The summed E-state index contributed by atoms with van der Waals surface area (Å²) in [6.07, 6.45) is -24.3. The highest BCUT2D eigenvalue weighted by Gasteiger charge is 2.60. The van der Waals surface area contributed by atoms with Crippen molar-refractivity contribution in [3.05, 3.63) is 0 Å². The van der Waals surface area contributed by atoms with Gasteiger partial charge in [-0.05, 0) is 0 Å². The molecule has 4 aliphatic rings. The highest BCUT2D eigenvalue weighted by atomic mass is 35.5. The Morgan fingerprint density at radius 3 is 1.45 bits per heavy atom. The molecule has 4 fully saturated rings. The van der Waals surface area contributed by atoms with Crippen molar-refractivity contribution in [3.63, 3.8) is 0 Å². The fourth-order valence-corrected chi connectivity index (χ4v) is 6.63. The minimum Gasteiger partial charge on any atom is -0.463 e. The Balaban J connectivity index is 1.84. The van der Waals surface area contributed by atoms with Crippen LogP contribution in [0.1, 0.15) is 48.5 Å². The van der Waals surface area contributed by atoms with Gasteiger partial charge in [0.1, 0.15) is 55.7 Å². The zero-order chi connectivity index (χ0) is 43.0. The number of halogens is 1. The van der Waals surface area contributed by atoms with E-state index < -0.39 is 159 Å². The highest BCUT2D eigenvalue weighted by molar-refractivity contribution is 6.26. The smallest absolute Gasteiger partial charge is 0.321 e. The SMILES string of the molecule is CC(=O)OC[C@H]1O[C@@H](O[C@H]2[C@H](OC(C)=O)[C@@H](OC(C)=O)[C@@H]3OC[C@H]2O3)[C@@H](O[C@H]2O[C@H](COC(C)=O)[C@@H](OC(C)=O)[C@H](OC(C)=O)[C@@H]2OC(=O)CCl)[C@@H](O)[C@@H]1OC(C)=O. The molecule has 0 aliphatic carbocycles. The molecule has 0 radical (unpaired) electrons. The molecule has 0 aromatic carbocycles. The first-order valence-corrected chi connectivity index (χ1v) is 18.3. The van der Waals surface area contributed by atoms with Crippen LogP contribution in [-0.2, 0) is 105 Å². The minimum absolute atomic E-state index is 0.194. The molecule has 0 saturated carbocycles. The monoisotopic (exact) mass is 856 g/mol. The zero-order valence-electron chi connectivity index (χ0n) is 32.3. The molecule has 58 heavy (non-hydrogen) atoms. The molecule has 4 aliphatic heterocycles. The number of alkyl halides is 1. The molecule has 15 atom stereocenters. The summed E-state index contributed by atoms with van der Waals surface area (Å²) in [6, 6.07) is 0. The van der Waals surface area contributed by atoms with Gasteiger partial charge in [0.25, 0.3) is 0 Å². The number of fused-ring (bicyclic) bond motifs is 2. The molecule has 2 bridgehead atoms. The minimum atomic E-state index is -2.02. The third kappa shape index (κ3) is 12.2. The number of hydrogen-bond donors (Lipinski definition) is 1. The highest BCUT2D eigenvalue weighted by Crippen LogP contribution is 2.39. The van der Waals surface area contributed by atoms with Crippen molar-refractivity contribution in [2.45, 2.75) is 141 Å². The number of ether oxygens (including phenoxy) is 14. The molecule has 0 unspecified atom stereocenters. The molecule has 24 heteroatoms. The van der Waals surface area contributed by atoms with Gasteiger partial charge in [0, 0.05) is 48.5 Å². The van der Waals surface area contributed by atoms with Crippen LogP contribution in [0.5, 0.6) is 0 Å². The quantitative estimate of drug-likeness (QED) is 0.109. The van der Waals surface area contributed by atoms with Gasteiger partial charge in [0.15, 0.2) is 55.5 Å². The summed E-state index contributed by atoms with van der Waals surface area (Å²) >= 11 is 5.75. The largest absolute Gasteiger partial charge is 0.463 e.